The van der Waals surface area contributed by atoms with E-state index in [2.05, 4.69) is 4.90 Å². The van der Waals surface area contributed by atoms with Crippen LogP contribution >= 0.6 is 0 Å². The van der Waals surface area contributed by atoms with E-state index in [4.69, 9.17) is 5.11 Å². The molecule has 2 aliphatic heterocycles. The number of carbonyl (C=O) groups is 2. The fourth-order valence-corrected chi connectivity index (χ4v) is 3.78. The van der Waals surface area contributed by atoms with Crippen molar-refractivity contribution in [1.82, 2.24) is 4.90 Å². The summed E-state index contributed by atoms with van der Waals surface area (Å²) >= 11 is 0. The predicted molar refractivity (Wildman–Crippen MR) is 66.0 cm³/mol. The van der Waals surface area contributed by atoms with Gasteiger partial charge in [-0.25, -0.2) is 0 Å². The zero-order valence-electron chi connectivity index (χ0n) is 10.7. The minimum atomic E-state index is -0.697. The first-order valence-corrected chi connectivity index (χ1v) is 7.16. The number of rotatable bonds is 4. The summed E-state index contributed by atoms with van der Waals surface area (Å²) in [5.74, 6) is 0.564. The Morgan fingerprint density at radius 1 is 0.944 bits per heavy atom. The normalized spacial score (nSPS) is 34.7. The summed E-state index contributed by atoms with van der Waals surface area (Å²) in [6.45, 7) is 0. The van der Waals surface area contributed by atoms with E-state index in [-0.39, 0.29) is 12.3 Å². The lowest BCUT2D eigenvalue weighted by molar-refractivity contribution is -0.140. The Labute approximate surface area is 107 Å². The number of piperidine rings is 1. The highest BCUT2D eigenvalue weighted by molar-refractivity contribution is 5.78. The van der Waals surface area contributed by atoms with Gasteiger partial charge in [0.05, 0.1) is 0 Å². The highest BCUT2D eigenvalue weighted by Crippen LogP contribution is 2.42. The van der Waals surface area contributed by atoms with E-state index in [0.717, 1.165) is 32.1 Å². The van der Waals surface area contributed by atoms with Crippen LogP contribution in [0, 0.1) is 11.8 Å². The molecule has 2 heterocycles. The summed E-state index contributed by atoms with van der Waals surface area (Å²) in [6.07, 6.45) is 7.41. The second-order valence-electron chi connectivity index (χ2n) is 6.27. The van der Waals surface area contributed by atoms with Gasteiger partial charge in [-0.2, -0.15) is 0 Å². The maximum atomic E-state index is 12.2. The van der Waals surface area contributed by atoms with Gasteiger partial charge < -0.3 is 10.0 Å². The number of fused-ring (bicyclic) bond motifs is 2. The lowest BCUT2D eigenvalue weighted by atomic mass is 9.88. The van der Waals surface area contributed by atoms with Crippen molar-refractivity contribution in [2.24, 2.45) is 11.8 Å². The van der Waals surface area contributed by atoms with Crippen LogP contribution in [0.3, 0.4) is 0 Å². The van der Waals surface area contributed by atoms with Crippen LogP contribution in [0.2, 0.25) is 0 Å². The minimum Gasteiger partial charge on any atom is -0.481 e. The maximum Gasteiger partial charge on any atom is 0.303 e. The van der Waals surface area contributed by atoms with Crippen LogP contribution in [-0.4, -0.2) is 34.0 Å². The molecule has 1 N–H and O–H groups in total. The second kappa shape index (κ2) is 4.56. The van der Waals surface area contributed by atoms with E-state index >= 15 is 0 Å². The molecule has 1 saturated carbocycles. The summed E-state index contributed by atoms with van der Waals surface area (Å²) in [7, 11) is 0. The molecule has 2 bridgehead atoms. The quantitative estimate of drug-likeness (QED) is 0.831. The topological polar surface area (TPSA) is 57.6 Å². The molecule has 4 nitrogen and oxygen atoms in total. The van der Waals surface area contributed by atoms with Gasteiger partial charge in [0.25, 0.3) is 0 Å². The van der Waals surface area contributed by atoms with Crippen molar-refractivity contribution in [3.8, 4) is 0 Å². The number of amides is 1. The van der Waals surface area contributed by atoms with Gasteiger partial charge in [-0.3, -0.25) is 9.59 Å². The zero-order valence-corrected chi connectivity index (χ0v) is 10.7. The van der Waals surface area contributed by atoms with Gasteiger partial charge in [-0.15, -0.1) is 0 Å². The molecule has 100 valence electrons. The fraction of sp³-hybridized carbons (Fsp3) is 0.857. The Hall–Kier alpha value is -1.06. The SMILES string of the molecule is O=C(O)CC1CC2CCC(C1)N2C(=O)CC1CC1. The van der Waals surface area contributed by atoms with Crippen LogP contribution in [0.4, 0.5) is 0 Å². The zero-order chi connectivity index (χ0) is 12.7. The van der Waals surface area contributed by atoms with Gasteiger partial charge in [0.15, 0.2) is 0 Å². The van der Waals surface area contributed by atoms with Crippen LogP contribution in [0.5, 0.6) is 0 Å². The molecule has 1 amide bonds. The third-order valence-corrected chi connectivity index (χ3v) is 4.74. The average molecular weight is 251 g/mol. The molecule has 0 aromatic carbocycles. The predicted octanol–water partition coefficient (Wildman–Crippen LogP) is 2.03. The molecule has 0 radical (unpaired) electrons. The number of carbonyl (C=O) groups excluding carboxylic acids is 1. The number of nitrogens with zero attached hydrogens (tertiary/aromatic N) is 1. The molecule has 0 aromatic heterocycles. The van der Waals surface area contributed by atoms with Crippen molar-refractivity contribution < 1.29 is 14.7 Å². The van der Waals surface area contributed by atoms with Crippen LogP contribution in [0.25, 0.3) is 0 Å². The number of carboxylic acids is 1. The summed E-state index contributed by atoms with van der Waals surface area (Å²) in [5, 5.41) is 8.88. The highest BCUT2D eigenvalue weighted by atomic mass is 16.4. The van der Waals surface area contributed by atoms with E-state index in [0.29, 0.717) is 23.9 Å². The molecular formula is C14H21NO3. The molecule has 2 unspecified atom stereocenters. The van der Waals surface area contributed by atoms with Crippen LogP contribution in [0.1, 0.15) is 51.4 Å². The molecular weight excluding hydrogens is 230 g/mol. The Morgan fingerprint density at radius 3 is 2.06 bits per heavy atom. The Kier molecular flexibility index (Phi) is 3.04. The second-order valence-corrected chi connectivity index (χ2v) is 6.27. The van der Waals surface area contributed by atoms with Gasteiger partial charge in [-0.05, 0) is 50.4 Å². The number of aliphatic carboxylic acids is 1. The molecule has 3 aliphatic rings. The van der Waals surface area contributed by atoms with Crippen molar-refractivity contribution in [3.05, 3.63) is 0 Å². The molecule has 18 heavy (non-hydrogen) atoms. The first kappa shape index (κ1) is 12.0. The van der Waals surface area contributed by atoms with Crippen molar-refractivity contribution in [3.63, 3.8) is 0 Å². The van der Waals surface area contributed by atoms with Gasteiger partial charge >= 0.3 is 5.97 Å². The monoisotopic (exact) mass is 251 g/mol. The molecule has 0 spiro atoms. The summed E-state index contributed by atoms with van der Waals surface area (Å²) in [6, 6.07) is 0.665. The highest BCUT2D eigenvalue weighted by Gasteiger charge is 2.44. The number of carboxylic acid groups (broad SMARTS) is 1. The van der Waals surface area contributed by atoms with E-state index < -0.39 is 5.97 Å². The molecule has 2 atom stereocenters. The van der Waals surface area contributed by atoms with Crippen molar-refractivity contribution in [2.45, 2.75) is 63.5 Å². The smallest absolute Gasteiger partial charge is 0.303 e. The van der Waals surface area contributed by atoms with Crippen LogP contribution < -0.4 is 0 Å². The molecule has 4 heteroatoms. The Balaban J connectivity index is 1.61. The van der Waals surface area contributed by atoms with Crippen molar-refractivity contribution in [2.75, 3.05) is 0 Å². The molecule has 2 saturated heterocycles. The molecule has 3 rings (SSSR count). The summed E-state index contributed by atoms with van der Waals surface area (Å²) in [4.78, 5) is 25.1. The first-order chi connectivity index (χ1) is 8.63. The molecule has 3 fully saturated rings. The standard InChI is InChI=1S/C14H21NO3/c16-13(7-9-1-2-9)15-11-3-4-12(15)6-10(5-11)8-14(17)18/h9-12H,1-8H2,(H,17,18). The van der Waals surface area contributed by atoms with Crippen molar-refractivity contribution >= 4 is 11.9 Å². The fourth-order valence-electron chi connectivity index (χ4n) is 3.78. The minimum absolute atomic E-state index is 0.275. The largest absolute Gasteiger partial charge is 0.481 e. The Bertz CT molecular complexity index is 350. The number of hydrogen-bond acceptors (Lipinski definition) is 2. The summed E-state index contributed by atoms with van der Waals surface area (Å²) in [5.41, 5.74) is 0. The van der Waals surface area contributed by atoms with E-state index in [1.54, 1.807) is 0 Å². The lowest BCUT2D eigenvalue weighted by Crippen LogP contribution is -2.46. The summed E-state index contributed by atoms with van der Waals surface area (Å²) < 4.78 is 0. The average Bonchev–Trinajstić information content (AvgIpc) is 3.04. The molecule has 0 aromatic rings. The van der Waals surface area contributed by atoms with Crippen LogP contribution in [-0.2, 0) is 9.59 Å². The van der Waals surface area contributed by atoms with Gasteiger partial charge in [0, 0.05) is 24.9 Å². The lowest BCUT2D eigenvalue weighted by Gasteiger charge is -2.38. The van der Waals surface area contributed by atoms with Crippen molar-refractivity contribution in [1.29, 1.82) is 0 Å². The van der Waals surface area contributed by atoms with Gasteiger partial charge in [0.2, 0.25) is 5.91 Å². The number of hydrogen-bond donors (Lipinski definition) is 1. The van der Waals surface area contributed by atoms with E-state index in [1.807, 2.05) is 0 Å². The molecule has 1 aliphatic carbocycles. The first-order valence-electron chi connectivity index (χ1n) is 7.16. The van der Waals surface area contributed by atoms with Gasteiger partial charge in [-0.1, -0.05) is 0 Å². The van der Waals surface area contributed by atoms with E-state index in [1.165, 1.54) is 12.8 Å². The van der Waals surface area contributed by atoms with E-state index in [9.17, 15) is 9.59 Å². The maximum absolute atomic E-state index is 12.2. The Morgan fingerprint density at radius 2 is 1.56 bits per heavy atom. The van der Waals surface area contributed by atoms with Gasteiger partial charge in [0.1, 0.15) is 0 Å². The van der Waals surface area contributed by atoms with Crippen LogP contribution in [0.15, 0.2) is 0 Å². The third kappa shape index (κ3) is 2.38. The third-order valence-electron chi connectivity index (χ3n) is 4.74.